The summed E-state index contributed by atoms with van der Waals surface area (Å²) in [6, 6.07) is 12.7. The van der Waals surface area contributed by atoms with Crippen LogP contribution >= 0.6 is 0 Å². The second-order valence-electron chi connectivity index (χ2n) is 5.56. The van der Waals surface area contributed by atoms with E-state index in [1.807, 2.05) is 30.5 Å². The zero-order chi connectivity index (χ0) is 16.8. The van der Waals surface area contributed by atoms with Crippen LogP contribution in [0.4, 0.5) is 0 Å². The fraction of sp³-hybridized carbons (Fsp3) is 0.211. The molecular weight excluding hydrogens is 304 g/mol. The van der Waals surface area contributed by atoms with Crippen molar-refractivity contribution in [3.63, 3.8) is 0 Å². The summed E-state index contributed by atoms with van der Waals surface area (Å²) >= 11 is 0. The lowest BCUT2D eigenvalue weighted by Gasteiger charge is -2.05. The van der Waals surface area contributed by atoms with Crippen LogP contribution in [0.5, 0.6) is 0 Å². The second kappa shape index (κ2) is 7.55. The van der Waals surface area contributed by atoms with Crippen molar-refractivity contribution < 1.29 is 9.21 Å². The van der Waals surface area contributed by atoms with Gasteiger partial charge >= 0.3 is 5.63 Å². The highest BCUT2D eigenvalue weighted by atomic mass is 16.4. The molecule has 0 saturated heterocycles. The predicted octanol–water partition coefficient (Wildman–Crippen LogP) is 2.94. The zero-order valence-corrected chi connectivity index (χ0v) is 13.2. The molecule has 0 saturated carbocycles. The van der Waals surface area contributed by atoms with Crippen LogP contribution in [0.2, 0.25) is 0 Å². The Labute approximate surface area is 139 Å². The molecule has 0 bridgehead atoms. The highest BCUT2D eigenvalue weighted by Crippen LogP contribution is 2.12. The van der Waals surface area contributed by atoms with Gasteiger partial charge in [0.15, 0.2) is 0 Å². The number of hydrogen-bond acceptors (Lipinski definition) is 4. The van der Waals surface area contributed by atoms with Gasteiger partial charge in [0.25, 0.3) is 5.91 Å². The van der Waals surface area contributed by atoms with Crippen LogP contribution in [0.15, 0.2) is 64.1 Å². The van der Waals surface area contributed by atoms with Crippen molar-refractivity contribution in [1.82, 2.24) is 10.3 Å². The molecule has 24 heavy (non-hydrogen) atoms. The SMILES string of the molecule is O=C(NCCCCc1cccnc1)c1cc2ccccc2oc1=O. The molecule has 0 aliphatic rings. The summed E-state index contributed by atoms with van der Waals surface area (Å²) in [6.45, 7) is 0.519. The van der Waals surface area contributed by atoms with Gasteiger partial charge in [0.1, 0.15) is 11.1 Å². The fourth-order valence-corrected chi connectivity index (χ4v) is 2.52. The summed E-state index contributed by atoms with van der Waals surface area (Å²) in [6.07, 6.45) is 6.29. The second-order valence-corrected chi connectivity index (χ2v) is 5.56. The average Bonchev–Trinajstić information content (AvgIpc) is 2.61. The Balaban J connectivity index is 1.53. The summed E-state index contributed by atoms with van der Waals surface area (Å²) < 4.78 is 5.18. The van der Waals surface area contributed by atoms with E-state index in [-0.39, 0.29) is 5.56 Å². The molecule has 1 N–H and O–H groups in total. The summed E-state index contributed by atoms with van der Waals surface area (Å²) in [5.74, 6) is -0.393. The van der Waals surface area contributed by atoms with Crippen LogP contribution in [-0.4, -0.2) is 17.4 Å². The van der Waals surface area contributed by atoms with Crippen LogP contribution in [0.25, 0.3) is 11.0 Å². The number of amides is 1. The Morgan fingerprint density at radius 2 is 2.00 bits per heavy atom. The topological polar surface area (TPSA) is 72.2 Å². The lowest BCUT2D eigenvalue weighted by molar-refractivity contribution is 0.0949. The normalized spacial score (nSPS) is 10.7. The standard InChI is InChI=1S/C19H18N2O3/c22-18(21-11-4-3-6-14-7-5-10-20-13-14)16-12-15-8-1-2-9-17(15)24-19(16)23/h1-2,5,7-10,12-13H,3-4,6,11H2,(H,21,22). The molecule has 2 heterocycles. The van der Waals surface area contributed by atoms with E-state index in [0.29, 0.717) is 12.1 Å². The first kappa shape index (κ1) is 15.9. The number of nitrogens with zero attached hydrogens (tertiary/aromatic N) is 1. The van der Waals surface area contributed by atoms with E-state index in [1.165, 1.54) is 5.56 Å². The summed E-state index contributed by atoms with van der Waals surface area (Å²) in [4.78, 5) is 28.1. The third-order valence-electron chi connectivity index (χ3n) is 3.79. The molecular formula is C19H18N2O3. The molecule has 3 rings (SSSR count). The largest absolute Gasteiger partial charge is 0.422 e. The third-order valence-corrected chi connectivity index (χ3v) is 3.79. The maximum Gasteiger partial charge on any atom is 0.349 e. The van der Waals surface area contributed by atoms with Crippen LogP contribution in [-0.2, 0) is 6.42 Å². The molecule has 0 radical (unpaired) electrons. The minimum atomic E-state index is -0.610. The third kappa shape index (κ3) is 3.87. The summed E-state index contributed by atoms with van der Waals surface area (Å²) in [5.41, 5.74) is 1.09. The molecule has 0 atom stereocenters. The molecule has 5 nitrogen and oxygen atoms in total. The molecule has 2 aromatic heterocycles. The number of hydrogen-bond donors (Lipinski definition) is 1. The van der Waals surface area contributed by atoms with Crippen LogP contribution in [0, 0.1) is 0 Å². The number of aryl methyl sites for hydroxylation is 1. The van der Waals surface area contributed by atoms with Crippen LogP contribution in [0.1, 0.15) is 28.8 Å². The van der Waals surface area contributed by atoms with Crippen molar-refractivity contribution >= 4 is 16.9 Å². The number of nitrogens with one attached hydrogen (secondary N) is 1. The summed E-state index contributed by atoms with van der Waals surface area (Å²) in [5, 5.41) is 3.51. The van der Waals surface area contributed by atoms with Gasteiger partial charge in [-0.3, -0.25) is 9.78 Å². The molecule has 1 aromatic carbocycles. The van der Waals surface area contributed by atoms with E-state index in [1.54, 1.807) is 24.4 Å². The van der Waals surface area contributed by atoms with Gasteiger partial charge in [0.2, 0.25) is 0 Å². The summed E-state index contributed by atoms with van der Waals surface area (Å²) in [7, 11) is 0. The van der Waals surface area contributed by atoms with E-state index >= 15 is 0 Å². The molecule has 0 aliphatic heterocycles. The lowest BCUT2D eigenvalue weighted by Crippen LogP contribution is -2.29. The number of fused-ring (bicyclic) bond motifs is 1. The molecule has 5 heteroatoms. The Morgan fingerprint density at radius 3 is 2.83 bits per heavy atom. The van der Waals surface area contributed by atoms with E-state index in [4.69, 9.17) is 4.42 Å². The van der Waals surface area contributed by atoms with Gasteiger partial charge in [-0.05, 0) is 43.0 Å². The maximum atomic E-state index is 12.2. The Bertz CT molecular complexity index is 888. The highest BCUT2D eigenvalue weighted by Gasteiger charge is 2.12. The predicted molar refractivity (Wildman–Crippen MR) is 92.0 cm³/mol. The zero-order valence-electron chi connectivity index (χ0n) is 13.2. The number of aromatic nitrogens is 1. The van der Waals surface area contributed by atoms with Gasteiger partial charge in [0.05, 0.1) is 0 Å². The number of carbonyl (C=O) groups excluding carboxylic acids is 1. The molecule has 3 aromatic rings. The van der Waals surface area contributed by atoms with Crippen molar-refractivity contribution in [2.24, 2.45) is 0 Å². The van der Waals surface area contributed by atoms with Crippen LogP contribution < -0.4 is 10.9 Å². The molecule has 0 aliphatic carbocycles. The number of benzene rings is 1. The van der Waals surface area contributed by atoms with Gasteiger partial charge < -0.3 is 9.73 Å². The minimum absolute atomic E-state index is 0.0426. The molecule has 122 valence electrons. The van der Waals surface area contributed by atoms with E-state index < -0.39 is 11.5 Å². The fourth-order valence-electron chi connectivity index (χ4n) is 2.52. The van der Waals surface area contributed by atoms with Gasteiger partial charge in [0, 0.05) is 24.3 Å². The smallest absolute Gasteiger partial charge is 0.349 e. The maximum absolute atomic E-state index is 12.2. The first-order valence-electron chi connectivity index (χ1n) is 7.94. The molecule has 0 spiro atoms. The van der Waals surface area contributed by atoms with Crippen molar-refractivity contribution in [2.75, 3.05) is 6.54 Å². The van der Waals surface area contributed by atoms with Gasteiger partial charge in [-0.2, -0.15) is 0 Å². The number of para-hydroxylation sites is 1. The van der Waals surface area contributed by atoms with Crippen molar-refractivity contribution in [1.29, 1.82) is 0 Å². The van der Waals surface area contributed by atoms with E-state index in [9.17, 15) is 9.59 Å². The van der Waals surface area contributed by atoms with Gasteiger partial charge in [-0.15, -0.1) is 0 Å². The highest BCUT2D eigenvalue weighted by molar-refractivity contribution is 5.96. The first-order chi connectivity index (χ1) is 11.7. The number of unbranched alkanes of at least 4 members (excludes halogenated alkanes) is 1. The number of rotatable bonds is 6. The van der Waals surface area contributed by atoms with Gasteiger partial charge in [-0.1, -0.05) is 24.3 Å². The van der Waals surface area contributed by atoms with Gasteiger partial charge in [-0.25, -0.2) is 4.79 Å². The lowest BCUT2D eigenvalue weighted by atomic mass is 10.1. The quantitative estimate of drug-likeness (QED) is 0.559. The average molecular weight is 322 g/mol. The Kier molecular flexibility index (Phi) is 5.01. The minimum Gasteiger partial charge on any atom is -0.422 e. The molecule has 1 amide bonds. The van der Waals surface area contributed by atoms with E-state index in [2.05, 4.69) is 10.3 Å². The molecule has 0 fully saturated rings. The van der Waals surface area contributed by atoms with Crippen molar-refractivity contribution in [2.45, 2.75) is 19.3 Å². The van der Waals surface area contributed by atoms with Crippen molar-refractivity contribution in [3.8, 4) is 0 Å². The molecule has 0 unspecified atom stereocenters. The Hall–Kier alpha value is -2.95. The number of pyridine rings is 1. The Morgan fingerprint density at radius 1 is 1.12 bits per heavy atom. The van der Waals surface area contributed by atoms with Crippen LogP contribution in [0.3, 0.4) is 0 Å². The number of carbonyl (C=O) groups is 1. The monoisotopic (exact) mass is 322 g/mol. The van der Waals surface area contributed by atoms with Crippen molar-refractivity contribution in [3.05, 3.63) is 76.4 Å². The van der Waals surface area contributed by atoms with E-state index in [0.717, 1.165) is 24.6 Å². The first-order valence-corrected chi connectivity index (χ1v) is 7.94.